The number of carboxylic acids is 1. The lowest BCUT2D eigenvalue weighted by Crippen LogP contribution is -2.17. The molecule has 0 aliphatic heterocycles. The average molecular weight is 572 g/mol. The van der Waals surface area contributed by atoms with Crippen molar-refractivity contribution in [1.29, 1.82) is 0 Å². The number of rotatable bonds is 8. The largest absolute Gasteiger partial charge is 0.495 e. The van der Waals surface area contributed by atoms with Gasteiger partial charge >= 0.3 is 5.97 Å². The number of nitrogens with zero attached hydrogens (tertiary/aromatic N) is 1. The number of halogens is 3. The summed E-state index contributed by atoms with van der Waals surface area (Å²) in [6, 6.07) is 7.51. The molecule has 0 aliphatic rings. The first-order valence-corrected chi connectivity index (χ1v) is 11.6. The van der Waals surface area contributed by atoms with Crippen molar-refractivity contribution in [2.45, 2.75) is 17.9 Å². The molecule has 1 atom stereocenters. The molecule has 0 fully saturated rings. The number of methoxy groups -OCH3 is 1. The predicted octanol–water partition coefficient (Wildman–Crippen LogP) is 4.76. The Hall–Kier alpha value is -1.82. The second-order valence-electron chi connectivity index (χ2n) is 5.49. The van der Waals surface area contributed by atoms with Gasteiger partial charge in [-0.1, -0.05) is 5.16 Å². The van der Waals surface area contributed by atoms with E-state index in [-0.39, 0.29) is 16.4 Å². The number of hydrogen-bond donors (Lipinski definition) is 1. The zero-order chi connectivity index (χ0) is 21.8. The predicted molar refractivity (Wildman–Crippen MR) is 114 cm³/mol. The molecule has 0 radical (unpaired) electrons. The fourth-order valence-corrected chi connectivity index (χ4v) is 4.40. The standard InChI is InChI=1S/C17H14Br2ClNO7S/c1-9(17(22)23)28-21-8-10-5-12(18)16(13(19)6-10)27-11-3-4-14(26-2)15(7-11)29(20,24)25/h3-9H,1-2H3,(H,22,23). The molecule has 0 heterocycles. The fourth-order valence-electron chi connectivity index (χ4n) is 2.01. The highest BCUT2D eigenvalue weighted by atomic mass is 79.9. The van der Waals surface area contributed by atoms with Crippen molar-refractivity contribution in [2.24, 2.45) is 5.16 Å². The van der Waals surface area contributed by atoms with E-state index < -0.39 is 21.1 Å². The summed E-state index contributed by atoms with van der Waals surface area (Å²) in [4.78, 5) is 15.3. The van der Waals surface area contributed by atoms with Gasteiger partial charge in [-0.15, -0.1) is 0 Å². The van der Waals surface area contributed by atoms with Crippen molar-refractivity contribution in [1.82, 2.24) is 0 Å². The van der Waals surface area contributed by atoms with Gasteiger partial charge < -0.3 is 19.4 Å². The average Bonchev–Trinajstić information content (AvgIpc) is 2.63. The third kappa shape index (κ3) is 6.33. The van der Waals surface area contributed by atoms with Crippen molar-refractivity contribution < 1.29 is 32.6 Å². The van der Waals surface area contributed by atoms with Gasteiger partial charge in [-0.05, 0) is 68.6 Å². The quantitative estimate of drug-likeness (QED) is 0.276. The molecule has 2 aromatic carbocycles. The molecule has 0 spiro atoms. The second kappa shape index (κ2) is 9.79. The smallest absolute Gasteiger partial charge is 0.347 e. The van der Waals surface area contributed by atoms with Crippen LogP contribution in [-0.2, 0) is 18.7 Å². The minimum absolute atomic E-state index is 0.0904. The number of aliphatic carboxylic acids is 1. The van der Waals surface area contributed by atoms with Gasteiger partial charge in [0.25, 0.3) is 9.05 Å². The van der Waals surface area contributed by atoms with Crippen LogP contribution in [0.5, 0.6) is 17.2 Å². The number of carboxylic acid groups (broad SMARTS) is 1. The monoisotopic (exact) mass is 569 g/mol. The first kappa shape index (κ1) is 23.5. The highest BCUT2D eigenvalue weighted by Gasteiger charge is 2.19. The lowest BCUT2D eigenvalue weighted by Gasteiger charge is -2.13. The third-order valence-corrected chi connectivity index (χ3v) is 5.93. The maximum absolute atomic E-state index is 11.7. The van der Waals surface area contributed by atoms with E-state index >= 15 is 0 Å². The van der Waals surface area contributed by atoms with Crippen molar-refractivity contribution in [3.8, 4) is 17.2 Å². The maximum Gasteiger partial charge on any atom is 0.347 e. The van der Waals surface area contributed by atoms with E-state index in [1.807, 2.05) is 0 Å². The van der Waals surface area contributed by atoms with E-state index in [9.17, 15) is 13.2 Å². The van der Waals surface area contributed by atoms with Gasteiger partial charge in [-0.2, -0.15) is 0 Å². The number of benzene rings is 2. The van der Waals surface area contributed by atoms with Crippen LogP contribution in [0.3, 0.4) is 0 Å². The summed E-state index contributed by atoms with van der Waals surface area (Å²) >= 11 is 6.73. The SMILES string of the molecule is COc1ccc(Oc2c(Br)cc(C=NOC(C)C(=O)O)cc2Br)cc1S(=O)(=O)Cl. The van der Waals surface area contributed by atoms with Gasteiger partial charge in [-0.3, -0.25) is 0 Å². The van der Waals surface area contributed by atoms with Crippen LogP contribution in [0.4, 0.5) is 0 Å². The van der Waals surface area contributed by atoms with Crippen LogP contribution in [0.25, 0.3) is 0 Å². The summed E-state index contributed by atoms with van der Waals surface area (Å²) in [6.45, 7) is 1.35. The fraction of sp³-hybridized carbons (Fsp3) is 0.176. The topological polar surface area (TPSA) is 111 Å². The summed E-state index contributed by atoms with van der Waals surface area (Å²) in [5.74, 6) is -0.463. The summed E-state index contributed by atoms with van der Waals surface area (Å²) < 4.78 is 35.3. The molecule has 2 rings (SSSR count). The molecule has 2 aromatic rings. The molecule has 0 amide bonds. The molecule has 1 N–H and O–H groups in total. The molecule has 0 aromatic heterocycles. The van der Waals surface area contributed by atoms with Crippen molar-refractivity contribution in [3.63, 3.8) is 0 Å². The van der Waals surface area contributed by atoms with E-state index in [0.717, 1.165) is 0 Å². The molecule has 0 aliphatic carbocycles. The Labute approximate surface area is 188 Å². The normalized spacial score (nSPS) is 12.6. The number of hydrogen-bond acceptors (Lipinski definition) is 7. The zero-order valence-corrected chi connectivity index (χ0v) is 19.7. The van der Waals surface area contributed by atoms with Crippen molar-refractivity contribution in [3.05, 3.63) is 44.8 Å². The third-order valence-electron chi connectivity index (χ3n) is 3.41. The summed E-state index contributed by atoms with van der Waals surface area (Å²) in [7, 11) is 2.74. The van der Waals surface area contributed by atoms with Gasteiger partial charge in [0.2, 0.25) is 6.10 Å². The highest BCUT2D eigenvalue weighted by molar-refractivity contribution is 9.11. The van der Waals surface area contributed by atoms with Gasteiger partial charge in [-0.25, -0.2) is 13.2 Å². The van der Waals surface area contributed by atoms with Crippen LogP contribution >= 0.6 is 42.5 Å². The minimum atomic E-state index is -4.04. The highest BCUT2D eigenvalue weighted by Crippen LogP contribution is 2.39. The van der Waals surface area contributed by atoms with Crippen LogP contribution in [0, 0.1) is 0 Å². The lowest BCUT2D eigenvalue weighted by molar-refractivity contribution is -0.149. The minimum Gasteiger partial charge on any atom is -0.495 e. The Morgan fingerprint density at radius 1 is 1.24 bits per heavy atom. The lowest BCUT2D eigenvalue weighted by atomic mass is 10.2. The molecular weight excluding hydrogens is 558 g/mol. The Morgan fingerprint density at radius 3 is 2.38 bits per heavy atom. The molecule has 8 nitrogen and oxygen atoms in total. The summed E-state index contributed by atoms with van der Waals surface area (Å²) in [6.07, 6.45) is 0.257. The Kier molecular flexibility index (Phi) is 7.92. The van der Waals surface area contributed by atoms with Crippen LogP contribution < -0.4 is 9.47 Å². The number of carbonyl (C=O) groups is 1. The van der Waals surface area contributed by atoms with E-state index in [4.69, 9.17) is 30.1 Å². The zero-order valence-electron chi connectivity index (χ0n) is 14.9. The molecule has 0 saturated carbocycles. The van der Waals surface area contributed by atoms with Crippen molar-refractivity contribution >= 4 is 63.8 Å². The molecule has 156 valence electrons. The Balaban J connectivity index is 2.29. The molecule has 12 heteroatoms. The van der Waals surface area contributed by atoms with Gasteiger partial charge in [0.05, 0.1) is 22.3 Å². The van der Waals surface area contributed by atoms with Gasteiger partial charge in [0.15, 0.2) is 5.75 Å². The molecular formula is C17H14Br2ClNO7S. The van der Waals surface area contributed by atoms with E-state index in [0.29, 0.717) is 20.3 Å². The van der Waals surface area contributed by atoms with Crippen LogP contribution in [0.15, 0.2) is 49.3 Å². The Morgan fingerprint density at radius 2 is 1.86 bits per heavy atom. The van der Waals surface area contributed by atoms with Gasteiger partial charge in [0.1, 0.15) is 16.4 Å². The first-order chi connectivity index (χ1) is 13.5. The Bertz CT molecular complexity index is 1040. The summed E-state index contributed by atoms with van der Waals surface area (Å²) in [5.41, 5.74) is 0.590. The first-order valence-electron chi connectivity index (χ1n) is 7.74. The van der Waals surface area contributed by atoms with E-state index in [1.54, 1.807) is 12.1 Å². The van der Waals surface area contributed by atoms with E-state index in [2.05, 4.69) is 37.0 Å². The number of ether oxygens (including phenoxy) is 2. The molecule has 1 unspecified atom stereocenters. The maximum atomic E-state index is 11.7. The number of oxime groups is 1. The van der Waals surface area contributed by atoms with Crippen LogP contribution in [-0.4, -0.2) is 38.9 Å². The van der Waals surface area contributed by atoms with Crippen LogP contribution in [0.2, 0.25) is 0 Å². The van der Waals surface area contributed by atoms with Gasteiger partial charge in [0, 0.05) is 16.7 Å². The van der Waals surface area contributed by atoms with Crippen LogP contribution in [0.1, 0.15) is 12.5 Å². The summed E-state index contributed by atoms with van der Waals surface area (Å²) in [5, 5.41) is 12.4. The molecule has 0 saturated heterocycles. The molecule has 0 bridgehead atoms. The van der Waals surface area contributed by atoms with Crippen molar-refractivity contribution in [2.75, 3.05) is 7.11 Å². The molecule has 29 heavy (non-hydrogen) atoms. The van der Waals surface area contributed by atoms with E-state index in [1.165, 1.54) is 38.4 Å². The second-order valence-corrected chi connectivity index (χ2v) is 9.73.